The molecule has 5 nitrogen and oxygen atoms in total. The predicted octanol–water partition coefficient (Wildman–Crippen LogP) is 1.80. The standard InChI is InChI=1S/C9H9NO4S/c1-9(2)8(13)10-4-3-14-5(7(11)12)6(4)15-9/h3H,1-2H3,(H,10,13)(H,11,12). The van der Waals surface area contributed by atoms with Crippen LogP contribution in [0.2, 0.25) is 0 Å². The van der Waals surface area contributed by atoms with Gasteiger partial charge in [0.2, 0.25) is 11.7 Å². The lowest BCUT2D eigenvalue weighted by atomic mass is 10.2. The Kier molecular flexibility index (Phi) is 2.04. The van der Waals surface area contributed by atoms with Crippen LogP contribution < -0.4 is 5.32 Å². The van der Waals surface area contributed by atoms with Crippen LogP contribution >= 0.6 is 11.8 Å². The lowest BCUT2D eigenvalue weighted by Crippen LogP contribution is -2.36. The zero-order chi connectivity index (χ0) is 11.2. The molecule has 0 bridgehead atoms. The molecule has 0 unspecified atom stereocenters. The normalized spacial score (nSPS) is 18.1. The molecule has 15 heavy (non-hydrogen) atoms. The van der Waals surface area contributed by atoms with Crippen molar-refractivity contribution in [3.05, 3.63) is 12.0 Å². The number of carboxylic acid groups (broad SMARTS) is 1. The molecule has 1 aliphatic heterocycles. The highest BCUT2D eigenvalue weighted by Crippen LogP contribution is 2.44. The van der Waals surface area contributed by atoms with Gasteiger partial charge in [0.1, 0.15) is 6.26 Å². The summed E-state index contributed by atoms with van der Waals surface area (Å²) in [4.78, 5) is 22.8. The molecule has 0 spiro atoms. The first-order valence-electron chi connectivity index (χ1n) is 4.27. The van der Waals surface area contributed by atoms with E-state index in [1.807, 2.05) is 0 Å². The van der Waals surface area contributed by atoms with Crippen molar-refractivity contribution >= 4 is 29.3 Å². The number of anilines is 1. The van der Waals surface area contributed by atoms with Gasteiger partial charge in [-0.05, 0) is 13.8 Å². The minimum atomic E-state index is -1.13. The molecule has 1 aromatic heterocycles. The van der Waals surface area contributed by atoms with Crippen LogP contribution in [0.4, 0.5) is 5.69 Å². The molecule has 0 radical (unpaired) electrons. The minimum Gasteiger partial charge on any atom is -0.475 e. The summed E-state index contributed by atoms with van der Waals surface area (Å²) in [5.74, 6) is -1.41. The zero-order valence-corrected chi connectivity index (χ0v) is 8.97. The quantitative estimate of drug-likeness (QED) is 0.764. The molecule has 1 aliphatic rings. The van der Waals surface area contributed by atoms with Crippen molar-refractivity contribution in [3.8, 4) is 0 Å². The summed E-state index contributed by atoms with van der Waals surface area (Å²) in [5.41, 5.74) is 0.432. The van der Waals surface area contributed by atoms with E-state index in [1.165, 1.54) is 18.0 Å². The number of nitrogens with one attached hydrogen (secondary N) is 1. The molecule has 6 heteroatoms. The number of amides is 1. The number of fused-ring (bicyclic) bond motifs is 1. The van der Waals surface area contributed by atoms with Crippen LogP contribution in [0.1, 0.15) is 24.4 Å². The predicted molar refractivity (Wildman–Crippen MR) is 54.2 cm³/mol. The summed E-state index contributed by atoms with van der Waals surface area (Å²) in [6, 6.07) is 0. The first kappa shape index (κ1) is 10.1. The minimum absolute atomic E-state index is 0.122. The van der Waals surface area contributed by atoms with Gasteiger partial charge in [-0.3, -0.25) is 4.79 Å². The summed E-state index contributed by atoms with van der Waals surface area (Å²) in [5, 5.41) is 11.5. The summed E-state index contributed by atoms with van der Waals surface area (Å²) >= 11 is 1.20. The van der Waals surface area contributed by atoms with Crippen molar-refractivity contribution in [2.75, 3.05) is 5.32 Å². The number of carbonyl (C=O) groups is 2. The third kappa shape index (κ3) is 1.50. The number of carbonyl (C=O) groups excluding carboxylic acids is 1. The van der Waals surface area contributed by atoms with Gasteiger partial charge in [0.15, 0.2) is 0 Å². The number of rotatable bonds is 1. The maximum absolute atomic E-state index is 11.5. The van der Waals surface area contributed by atoms with Crippen LogP contribution in [-0.4, -0.2) is 21.7 Å². The fraction of sp³-hybridized carbons (Fsp3) is 0.333. The molecule has 1 aromatic rings. The van der Waals surface area contributed by atoms with Gasteiger partial charge in [-0.2, -0.15) is 0 Å². The van der Waals surface area contributed by atoms with Crippen LogP contribution in [0.5, 0.6) is 0 Å². The lowest BCUT2D eigenvalue weighted by molar-refractivity contribution is -0.117. The molecule has 0 aliphatic carbocycles. The Balaban J connectivity index is 2.49. The van der Waals surface area contributed by atoms with Crippen molar-refractivity contribution < 1.29 is 19.1 Å². The number of hydrogen-bond donors (Lipinski definition) is 2. The van der Waals surface area contributed by atoms with Crippen LogP contribution in [-0.2, 0) is 4.79 Å². The molecule has 1 amide bonds. The van der Waals surface area contributed by atoms with Gasteiger partial charge in [-0.25, -0.2) is 4.79 Å². The Bertz CT molecular complexity index is 449. The van der Waals surface area contributed by atoms with Crippen LogP contribution in [0.3, 0.4) is 0 Å². The fourth-order valence-electron chi connectivity index (χ4n) is 1.26. The third-order valence-electron chi connectivity index (χ3n) is 2.09. The molecule has 80 valence electrons. The van der Waals surface area contributed by atoms with Crippen molar-refractivity contribution in [2.24, 2.45) is 0 Å². The lowest BCUT2D eigenvalue weighted by Gasteiger charge is -2.27. The molecular weight excluding hydrogens is 218 g/mol. The Morgan fingerprint density at radius 2 is 2.27 bits per heavy atom. The van der Waals surface area contributed by atoms with E-state index >= 15 is 0 Å². The van der Waals surface area contributed by atoms with E-state index in [4.69, 9.17) is 9.52 Å². The van der Waals surface area contributed by atoms with Gasteiger partial charge >= 0.3 is 5.97 Å². The van der Waals surface area contributed by atoms with E-state index in [9.17, 15) is 9.59 Å². The van der Waals surface area contributed by atoms with Gasteiger partial charge in [0.05, 0.1) is 15.3 Å². The van der Waals surface area contributed by atoms with Gasteiger partial charge in [-0.15, -0.1) is 11.8 Å². The first-order valence-corrected chi connectivity index (χ1v) is 5.09. The van der Waals surface area contributed by atoms with Gasteiger partial charge < -0.3 is 14.8 Å². The Labute approximate surface area is 89.8 Å². The highest BCUT2D eigenvalue weighted by Gasteiger charge is 2.38. The number of aromatic carboxylic acids is 1. The number of furan rings is 1. The average Bonchev–Trinajstić information content (AvgIpc) is 2.47. The monoisotopic (exact) mass is 227 g/mol. The molecule has 0 atom stereocenters. The maximum Gasteiger partial charge on any atom is 0.373 e. The Morgan fingerprint density at radius 3 is 2.87 bits per heavy atom. The van der Waals surface area contributed by atoms with Gasteiger partial charge in [0.25, 0.3) is 0 Å². The molecule has 0 saturated heterocycles. The second-order valence-corrected chi connectivity index (χ2v) is 5.31. The van der Waals surface area contributed by atoms with E-state index < -0.39 is 10.7 Å². The fourth-order valence-corrected chi connectivity index (χ4v) is 2.35. The third-order valence-corrected chi connectivity index (χ3v) is 3.40. The van der Waals surface area contributed by atoms with Crippen LogP contribution in [0.25, 0.3) is 0 Å². The maximum atomic E-state index is 11.5. The second kappa shape index (κ2) is 3.03. The molecular formula is C9H9NO4S. The summed E-state index contributed by atoms with van der Waals surface area (Å²) in [6.07, 6.45) is 1.25. The van der Waals surface area contributed by atoms with E-state index in [1.54, 1.807) is 13.8 Å². The summed E-state index contributed by atoms with van der Waals surface area (Å²) < 4.78 is 4.21. The highest BCUT2D eigenvalue weighted by molar-refractivity contribution is 8.01. The highest BCUT2D eigenvalue weighted by atomic mass is 32.2. The molecule has 2 heterocycles. The van der Waals surface area contributed by atoms with Crippen molar-refractivity contribution in [2.45, 2.75) is 23.5 Å². The SMILES string of the molecule is CC1(C)Sc2c(coc2C(=O)O)NC1=O. The summed E-state index contributed by atoms with van der Waals surface area (Å²) in [6.45, 7) is 3.46. The molecule has 2 rings (SSSR count). The summed E-state index contributed by atoms with van der Waals surface area (Å²) in [7, 11) is 0. The largest absolute Gasteiger partial charge is 0.475 e. The van der Waals surface area contributed by atoms with E-state index in [0.29, 0.717) is 10.6 Å². The van der Waals surface area contributed by atoms with Crippen molar-refractivity contribution in [1.82, 2.24) is 0 Å². The number of carboxylic acids is 1. The molecule has 0 aromatic carbocycles. The number of hydrogen-bond acceptors (Lipinski definition) is 4. The zero-order valence-electron chi connectivity index (χ0n) is 8.16. The smallest absolute Gasteiger partial charge is 0.373 e. The van der Waals surface area contributed by atoms with E-state index in [0.717, 1.165) is 0 Å². The van der Waals surface area contributed by atoms with Crippen molar-refractivity contribution in [3.63, 3.8) is 0 Å². The number of thioether (sulfide) groups is 1. The average molecular weight is 227 g/mol. The van der Waals surface area contributed by atoms with Crippen LogP contribution in [0.15, 0.2) is 15.6 Å². The second-order valence-electron chi connectivity index (χ2n) is 3.68. The molecule has 0 fully saturated rings. The Hall–Kier alpha value is -1.43. The topological polar surface area (TPSA) is 79.5 Å². The molecule has 2 N–H and O–H groups in total. The van der Waals surface area contributed by atoms with E-state index in [2.05, 4.69) is 5.32 Å². The first-order chi connectivity index (χ1) is 6.92. The van der Waals surface area contributed by atoms with Crippen LogP contribution in [0, 0.1) is 0 Å². The Morgan fingerprint density at radius 1 is 1.60 bits per heavy atom. The molecule has 0 saturated carbocycles. The van der Waals surface area contributed by atoms with Gasteiger partial charge in [0, 0.05) is 0 Å². The van der Waals surface area contributed by atoms with Gasteiger partial charge in [-0.1, -0.05) is 0 Å². The van der Waals surface area contributed by atoms with E-state index in [-0.39, 0.29) is 11.7 Å². The van der Waals surface area contributed by atoms with Crippen molar-refractivity contribution in [1.29, 1.82) is 0 Å².